The molecule has 140 valence electrons. The molecule has 0 aliphatic heterocycles. The van der Waals surface area contributed by atoms with Crippen molar-refractivity contribution >= 4 is 27.5 Å². The summed E-state index contributed by atoms with van der Waals surface area (Å²) >= 11 is 3.05. The molecule has 26 heavy (non-hydrogen) atoms. The molecule has 4 nitrogen and oxygen atoms in total. The molecule has 0 radical (unpaired) electrons. The lowest BCUT2D eigenvalue weighted by molar-refractivity contribution is -0.142. The summed E-state index contributed by atoms with van der Waals surface area (Å²) in [4.78, 5) is 12.1. The van der Waals surface area contributed by atoms with Crippen molar-refractivity contribution in [3.8, 4) is 0 Å². The second kappa shape index (κ2) is 7.42. The third kappa shape index (κ3) is 4.28. The largest absolute Gasteiger partial charge is 0.436 e. The van der Waals surface area contributed by atoms with E-state index >= 15 is 0 Å². The van der Waals surface area contributed by atoms with Crippen LogP contribution in [0.3, 0.4) is 0 Å². The molecule has 0 saturated heterocycles. The number of carbonyl (C=O) groups excluding carboxylic acids is 1. The van der Waals surface area contributed by atoms with Crippen LogP contribution in [0.25, 0.3) is 0 Å². The Bertz CT molecular complexity index is 795. The van der Waals surface area contributed by atoms with Gasteiger partial charge in [0, 0.05) is 18.0 Å². The lowest BCUT2D eigenvalue weighted by Crippen LogP contribution is -2.16. The first-order valence-corrected chi connectivity index (χ1v) is 9.31. The van der Waals surface area contributed by atoms with Crippen molar-refractivity contribution in [1.82, 2.24) is 9.78 Å². The summed E-state index contributed by atoms with van der Waals surface area (Å²) in [6, 6.07) is 7.50. The molecule has 1 fully saturated rings. The van der Waals surface area contributed by atoms with Gasteiger partial charge in [0.2, 0.25) is 5.91 Å². The van der Waals surface area contributed by atoms with Crippen LogP contribution >= 0.6 is 15.9 Å². The maximum Gasteiger partial charge on any atom is 0.436 e. The van der Waals surface area contributed by atoms with Gasteiger partial charge >= 0.3 is 6.18 Å². The highest BCUT2D eigenvalue weighted by Gasteiger charge is 2.41. The summed E-state index contributed by atoms with van der Waals surface area (Å²) in [6.07, 6.45) is -1.86. The van der Waals surface area contributed by atoms with Gasteiger partial charge in [-0.05, 0) is 52.9 Å². The molecule has 1 aliphatic carbocycles. The number of benzene rings is 1. The summed E-state index contributed by atoms with van der Waals surface area (Å²) in [6.45, 7) is 2.15. The van der Waals surface area contributed by atoms with Crippen molar-refractivity contribution in [3.05, 3.63) is 45.7 Å². The van der Waals surface area contributed by atoms with Crippen molar-refractivity contribution in [2.24, 2.45) is 0 Å². The predicted molar refractivity (Wildman–Crippen MR) is 96.0 cm³/mol. The molecule has 0 unspecified atom stereocenters. The van der Waals surface area contributed by atoms with E-state index in [4.69, 9.17) is 0 Å². The molecule has 0 bridgehead atoms. The van der Waals surface area contributed by atoms with Crippen LogP contribution in [0.1, 0.15) is 49.1 Å². The smallest absolute Gasteiger partial charge is 0.326 e. The van der Waals surface area contributed by atoms with Gasteiger partial charge in [0.15, 0.2) is 5.69 Å². The van der Waals surface area contributed by atoms with Gasteiger partial charge in [-0.25, -0.2) is 0 Å². The molecule has 1 N–H and O–H groups in total. The van der Waals surface area contributed by atoms with Gasteiger partial charge in [0.05, 0.1) is 16.7 Å². The van der Waals surface area contributed by atoms with Crippen molar-refractivity contribution in [1.29, 1.82) is 0 Å². The first kappa shape index (κ1) is 18.9. The number of rotatable bonds is 6. The Kier molecular flexibility index (Phi) is 5.41. The van der Waals surface area contributed by atoms with E-state index in [0.717, 1.165) is 24.8 Å². The summed E-state index contributed by atoms with van der Waals surface area (Å²) in [5.41, 5.74) is 1.46. The Balaban J connectivity index is 1.67. The van der Waals surface area contributed by atoms with Gasteiger partial charge < -0.3 is 5.32 Å². The second-order valence-corrected chi connectivity index (χ2v) is 7.18. The average molecular weight is 430 g/mol. The number of nitrogens with zero attached hydrogens (tertiary/aromatic N) is 2. The summed E-state index contributed by atoms with van der Waals surface area (Å²) < 4.78 is 40.6. The van der Waals surface area contributed by atoms with Gasteiger partial charge in [0.1, 0.15) is 0 Å². The molecular weight excluding hydrogens is 411 g/mol. The van der Waals surface area contributed by atoms with Gasteiger partial charge in [-0.2, -0.15) is 18.3 Å². The number of hydrogen-bond acceptors (Lipinski definition) is 2. The molecule has 1 amide bonds. The summed E-state index contributed by atoms with van der Waals surface area (Å²) in [5.74, 6) is -0.172. The van der Waals surface area contributed by atoms with Crippen LogP contribution in [0.2, 0.25) is 0 Å². The zero-order valence-electron chi connectivity index (χ0n) is 14.2. The lowest BCUT2D eigenvalue weighted by atomic mass is 10.1. The van der Waals surface area contributed by atoms with Crippen LogP contribution in [0.4, 0.5) is 18.9 Å². The van der Waals surface area contributed by atoms with Crippen LogP contribution in [-0.4, -0.2) is 15.7 Å². The lowest BCUT2D eigenvalue weighted by Gasteiger charge is -2.08. The van der Waals surface area contributed by atoms with E-state index in [9.17, 15) is 18.0 Å². The monoisotopic (exact) mass is 429 g/mol. The predicted octanol–water partition coefficient (Wildman–Crippen LogP) is 5.13. The number of aryl methyl sites for hydroxylation is 2. The van der Waals surface area contributed by atoms with Crippen LogP contribution in [0.5, 0.6) is 0 Å². The van der Waals surface area contributed by atoms with Gasteiger partial charge in [-0.1, -0.05) is 19.1 Å². The van der Waals surface area contributed by atoms with Crippen molar-refractivity contribution < 1.29 is 18.0 Å². The molecule has 2 aromatic rings. The van der Waals surface area contributed by atoms with E-state index in [2.05, 4.69) is 26.3 Å². The number of hydrogen-bond donors (Lipinski definition) is 1. The third-order valence-corrected chi connectivity index (χ3v) is 5.14. The zero-order chi connectivity index (χ0) is 18.9. The van der Waals surface area contributed by atoms with E-state index in [0.29, 0.717) is 11.4 Å². The SMILES string of the molecule is CCc1ccc(NC(=O)CCn2nc(C(F)(F)F)c(Br)c2C2CC2)cc1. The minimum absolute atomic E-state index is 0.00284. The minimum atomic E-state index is -4.52. The van der Waals surface area contributed by atoms with Gasteiger partial charge in [-0.3, -0.25) is 9.48 Å². The molecule has 8 heteroatoms. The highest BCUT2D eigenvalue weighted by Crippen LogP contribution is 2.47. The van der Waals surface area contributed by atoms with Crippen molar-refractivity contribution in [2.45, 2.75) is 51.2 Å². The normalized spacial score (nSPS) is 14.5. The Morgan fingerprint density at radius 2 is 1.96 bits per heavy atom. The standard InChI is InChI=1S/C18H19BrF3N3O/c1-2-11-3-7-13(8-4-11)23-14(26)9-10-25-16(12-5-6-12)15(19)17(24-25)18(20,21)22/h3-4,7-8,12H,2,5-6,9-10H2,1H3,(H,23,26). The fraction of sp³-hybridized carbons (Fsp3) is 0.444. The molecule has 1 aliphatic rings. The molecule has 1 aromatic carbocycles. The van der Waals surface area contributed by atoms with Gasteiger partial charge in [-0.15, -0.1) is 0 Å². The Labute approximate surface area is 157 Å². The topological polar surface area (TPSA) is 46.9 Å². The molecule has 1 aromatic heterocycles. The first-order valence-electron chi connectivity index (χ1n) is 8.51. The maximum atomic E-state index is 13.1. The fourth-order valence-electron chi connectivity index (χ4n) is 2.81. The molecule has 1 saturated carbocycles. The first-order chi connectivity index (χ1) is 12.3. The second-order valence-electron chi connectivity index (χ2n) is 6.39. The Hall–Kier alpha value is -1.83. The van der Waals surface area contributed by atoms with Crippen LogP contribution in [0.15, 0.2) is 28.7 Å². The zero-order valence-corrected chi connectivity index (χ0v) is 15.8. The summed E-state index contributed by atoms with van der Waals surface area (Å²) in [5, 5.41) is 6.47. The van der Waals surface area contributed by atoms with E-state index in [1.165, 1.54) is 4.68 Å². The number of halogens is 4. The number of alkyl halides is 3. The molecule has 0 spiro atoms. The maximum absolute atomic E-state index is 13.1. The highest BCUT2D eigenvalue weighted by atomic mass is 79.9. The highest BCUT2D eigenvalue weighted by molar-refractivity contribution is 9.10. The Morgan fingerprint density at radius 1 is 1.31 bits per heavy atom. The Morgan fingerprint density at radius 3 is 2.50 bits per heavy atom. The van der Waals surface area contributed by atoms with E-state index in [-0.39, 0.29) is 29.3 Å². The van der Waals surface area contributed by atoms with Crippen molar-refractivity contribution in [2.75, 3.05) is 5.32 Å². The van der Waals surface area contributed by atoms with Crippen LogP contribution in [0, 0.1) is 0 Å². The fourth-order valence-corrected chi connectivity index (χ4v) is 3.64. The quantitative estimate of drug-likeness (QED) is 0.691. The average Bonchev–Trinajstić information content (AvgIpc) is 3.36. The van der Waals surface area contributed by atoms with Gasteiger partial charge in [0.25, 0.3) is 0 Å². The third-order valence-electron chi connectivity index (χ3n) is 4.36. The number of amides is 1. The number of aromatic nitrogens is 2. The van der Waals surface area contributed by atoms with Crippen molar-refractivity contribution in [3.63, 3.8) is 0 Å². The van der Waals surface area contributed by atoms with Crippen LogP contribution in [-0.2, 0) is 23.9 Å². The van der Waals surface area contributed by atoms with E-state index < -0.39 is 11.9 Å². The van der Waals surface area contributed by atoms with E-state index in [1.807, 2.05) is 31.2 Å². The molecule has 1 heterocycles. The number of anilines is 1. The molecule has 3 rings (SSSR count). The molecular formula is C18H19BrF3N3O. The summed E-state index contributed by atoms with van der Waals surface area (Å²) in [7, 11) is 0. The minimum Gasteiger partial charge on any atom is -0.326 e. The van der Waals surface area contributed by atoms with E-state index in [1.54, 1.807) is 0 Å². The van der Waals surface area contributed by atoms with Crippen LogP contribution < -0.4 is 5.32 Å². The molecule has 0 atom stereocenters. The number of nitrogens with one attached hydrogen (secondary N) is 1. The number of carbonyl (C=O) groups is 1.